The van der Waals surface area contributed by atoms with Crippen LogP contribution in [-0.4, -0.2) is 24.0 Å². The van der Waals surface area contributed by atoms with Crippen LogP contribution in [0.15, 0.2) is 16.7 Å². The van der Waals surface area contributed by atoms with Gasteiger partial charge in [-0.2, -0.15) is 11.8 Å². The number of amides is 1. The third kappa shape index (κ3) is 3.09. The van der Waals surface area contributed by atoms with E-state index in [4.69, 9.17) is 10.2 Å². The molecule has 1 heterocycles. The Morgan fingerprint density at radius 3 is 3.33 bits per heavy atom. The summed E-state index contributed by atoms with van der Waals surface area (Å²) >= 11 is 1.71. The molecule has 1 aliphatic carbocycles. The Bertz CT molecular complexity index is 405. The number of thioether (sulfide) groups is 1. The van der Waals surface area contributed by atoms with Gasteiger partial charge < -0.3 is 15.5 Å². The molecular formula is C13H20N2O2S. The first-order valence-corrected chi connectivity index (χ1v) is 7.73. The molecule has 100 valence electrons. The maximum atomic E-state index is 12.0. The molecule has 1 amide bonds. The van der Waals surface area contributed by atoms with Gasteiger partial charge in [-0.15, -0.1) is 0 Å². The quantitative estimate of drug-likeness (QED) is 0.855. The predicted octanol–water partition coefficient (Wildman–Crippen LogP) is 1.85. The molecule has 5 heteroatoms. The lowest BCUT2D eigenvalue weighted by Gasteiger charge is -2.24. The summed E-state index contributed by atoms with van der Waals surface area (Å²) in [5, 5.41) is 3.04. The third-order valence-electron chi connectivity index (χ3n) is 3.34. The third-order valence-corrected chi connectivity index (χ3v) is 3.98. The van der Waals surface area contributed by atoms with Crippen LogP contribution in [0.5, 0.6) is 0 Å². The molecule has 2 atom stereocenters. The standard InChI is InChI=1S/C13H20N2O2S/c1-18-8-6-10(14)13(16)15-11-3-2-4-12-9(11)5-7-17-12/h5,7,10-11H,2-4,6,8,14H2,1H3,(H,15,16)/t10-,11?/m0/s1. The highest BCUT2D eigenvalue weighted by molar-refractivity contribution is 7.98. The lowest BCUT2D eigenvalue weighted by atomic mass is 9.93. The molecule has 1 aromatic rings. The molecule has 2 rings (SSSR count). The minimum atomic E-state index is -0.408. The highest BCUT2D eigenvalue weighted by Gasteiger charge is 2.25. The molecule has 4 nitrogen and oxygen atoms in total. The Morgan fingerprint density at radius 2 is 2.56 bits per heavy atom. The number of hydrogen-bond acceptors (Lipinski definition) is 4. The van der Waals surface area contributed by atoms with Gasteiger partial charge in [-0.3, -0.25) is 4.79 Å². The van der Waals surface area contributed by atoms with E-state index >= 15 is 0 Å². The first kappa shape index (κ1) is 13.5. The maximum Gasteiger partial charge on any atom is 0.237 e. The normalized spacial score (nSPS) is 20.2. The fourth-order valence-electron chi connectivity index (χ4n) is 2.29. The average molecular weight is 268 g/mol. The van der Waals surface area contributed by atoms with Crippen molar-refractivity contribution in [3.05, 3.63) is 23.7 Å². The molecule has 0 bridgehead atoms. The van der Waals surface area contributed by atoms with Crippen molar-refractivity contribution in [1.29, 1.82) is 0 Å². The Kier molecular flexibility index (Phi) is 4.72. The van der Waals surface area contributed by atoms with Crippen LogP contribution in [0.3, 0.4) is 0 Å². The molecular weight excluding hydrogens is 248 g/mol. The Hall–Kier alpha value is -0.940. The Labute approximate surface area is 112 Å². The summed E-state index contributed by atoms with van der Waals surface area (Å²) in [6.07, 6.45) is 7.41. The van der Waals surface area contributed by atoms with E-state index in [0.29, 0.717) is 0 Å². The van der Waals surface area contributed by atoms with Crippen LogP contribution in [0.1, 0.15) is 36.6 Å². The second-order valence-electron chi connectivity index (χ2n) is 4.64. The number of nitrogens with two attached hydrogens (primary N) is 1. The van der Waals surface area contributed by atoms with Crippen molar-refractivity contribution < 1.29 is 9.21 Å². The Balaban J connectivity index is 1.93. The van der Waals surface area contributed by atoms with Gasteiger partial charge in [0.05, 0.1) is 18.3 Å². The summed E-state index contributed by atoms with van der Waals surface area (Å²) in [5.41, 5.74) is 6.98. The van der Waals surface area contributed by atoms with E-state index in [0.717, 1.165) is 42.8 Å². The number of carbonyl (C=O) groups is 1. The van der Waals surface area contributed by atoms with Gasteiger partial charge in [0, 0.05) is 12.0 Å². The highest BCUT2D eigenvalue weighted by Crippen LogP contribution is 2.30. The number of rotatable bonds is 5. The van der Waals surface area contributed by atoms with Crippen molar-refractivity contribution >= 4 is 17.7 Å². The first-order valence-electron chi connectivity index (χ1n) is 6.33. The van der Waals surface area contributed by atoms with Gasteiger partial charge >= 0.3 is 0 Å². The molecule has 18 heavy (non-hydrogen) atoms. The van der Waals surface area contributed by atoms with Crippen molar-refractivity contribution in [1.82, 2.24) is 5.32 Å². The predicted molar refractivity (Wildman–Crippen MR) is 73.5 cm³/mol. The number of fused-ring (bicyclic) bond motifs is 1. The lowest BCUT2D eigenvalue weighted by molar-refractivity contribution is -0.123. The number of carbonyl (C=O) groups excluding carboxylic acids is 1. The van der Waals surface area contributed by atoms with Crippen molar-refractivity contribution in [2.24, 2.45) is 5.73 Å². The topological polar surface area (TPSA) is 68.3 Å². The second kappa shape index (κ2) is 6.29. The summed E-state index contributed by atoms with van der Waals surface area (Å²) in [4.78, 5) is 12.0. The molecule has 1 aliphatic rings. The summed E-state index contributed by atoms with van der Waals surface area (Å²) in [7, 11) is 0. The minimum Gasteiger partial charge on any atom is -0.469 e. The molecule has 1 aromatic heterocycles. The molecule has 0 radical (unpaired) electrons. The van der Waals surface area contributed by atoms with E-state index in [1.807, 2.05) is 12.3 Å². The van der Waals surface area contributed by atoms with Gasteiger partial charge in [0.2, 0.25) is 5.91 Å². The van der Waals surface area contributed by atoms with Gasteiger partial charge in [0.25, 0.3) is 0 Å². The molecule has 0 saturated carbocycles. The van der Waals surface area contributed by atoms with Crippen LogP contribution in [0.2, 0.25) is 0 Å². The van der Waals surface area contributed by atoms with Crippen LogP contribution >= 0.6 is 11.8 Å². The second-order valence-corrected chi connectivity index (χ2v) is 5.63. The van der Waals surface area contributed by atoms with Crippen LogP contribution in [0.4, 0.5) is 0 Å². The molecule has 1 unspecified atom stereocenters. The van der Waals surface area contributed by atoms with E-state index in [9.17, 15) is 4.79 Å². The highest BCUT2D eigenvalue weighted by atomic mass is 32.2. The minimum absolute atomic E-state index is 0.0527. The van der Waals surface area contributed by atoms with Crippen LogP contribution in [0, 0.1) is 0 Å². The zero-order chi connectivity index (χ0) is 13.0. The number of nitrogens with one attached hydrogen (secondary N) is 1. The Morgan fingerprint density at radius 1 is 1.72 bits per heavy atom. The van der Waals surface area contributed by atoms with Gasteiger partial charge in [-0.05, 0) is 37.3 Å². The maximum absolute atomic E-state index is 12.0. The number of furan rings is 1. The molecule has 0 aromatic carbocycles. The molecule has 0 fully saturated rings. The summed E-state index contributed by atoms with van der Waals surface area (Å²) < 4.78 is 5.41. The number of aryl methyl sites for hydroxylation is 1. The van der Waals surface area contributed by atoms with Gasteiger partial charge in [0.1, 0.15) is 5.76 Å². The summed E-state index contributed by atoms with van der Waals surface area (Å²) in [6, 6.07) is 1.61. The number of hydrogen-bond donors (Lipinski definition) is 2. The van der Waals surface area contributed by atoms with Crippen LogP contribution in [-0.2, 0) is 11.2 Å². The zero-order valence-corrected chi connectivity index (χ0v) is 11.5. The van der Waals surface area contributed by atoms with Gasteiger partial charge in [-0.1, -0.05) is 0 Å². The van der Waals surface area contributed by atoms with E-state index < -0.39 is 6.04 Å². The molecule has 0 saturated heterocycles. The monoisotopic (exact) mass is 268 g/mol. The van der Waals surface area contributed by atoms with Crippen molar-refractivity contribution in [2.45, 2.75) is 37.8 Å². The van der Waals surface area contributed by atoms with E-state index in [1.54, 1.807) is 18.0 Å². The lowest BCUT2D eigenvalue weighted by Crippen LogP contribution is -2.43. The fraction of sp³-hybridized carbons (Fsp3) is 0.615. The average Bonchev–Trinajstić information content (AvgIpc) is 2.85. The molecule has 0 spiro atoms. The molecule has 0 aliphatic heterocycles. The largest absolute Gasteiger partial charge is 0.469 e. The van der Waals surface area contributed by atoms with Crippen molar-refractivity contribution in [3.8, 4) is 0 Å². The SMILES string of the molecule is CSCC[C@H](N)C(=O)NC1CCCc2occc21. The van der Waals surface area contributed by atoms with Crippen molar-refractivity contribution in [3.63, 3.8) is 0 Å². The van der Waals surface area contributed by atoms with Crippen molar-refractivity contribution in [2.75, 3.05) is 12.0 Å². The van der Waals surface area contributed by atoms with Crippen LogP contribution in [0.25, 0.3) is 0 Å². The van der Waals surface area contributed by atoms with Crippen LogP contribution < -0.4 is 11.1 Å². The smallest absolute Gasteiger partial charge is 0.237 e. The van der Waals surface area contributed by atoms with Gasteiger partial charge in [0.15, 0.2) is 0 Å². The van der Waals surface area contributed by atoms with E-state index in [2.05, 4.69) is 5.32 Å². The summed E-state index contributed by atoms with van der Waals surface area (Å²) in [6.45, 7) is 0. The fourth-order valence-corrected chi connectivity index (χ4v) is 2.78. The van der Waals surface area contributed by atoms with E-state index in [-0.39, 0.29) is 11.9 Å². The summed E-state index contributed by atoms with van der Waals surface area (Å²) in [5.74, 6) is 1.86. The van der Waals surface area contributed by atoms with Gasteiger partial charge in [-0.25, -0.2) is 0 Å². The zero-order valence-electron chi connectivity index (χ0n) is 10.6. The van der Waals surface area contributed by atoms with E-state index in [1.165, 1.54) is 0 Å². The molecule has 3 N–H and O–H groups in total. The first-order chi connectivity index (χ1) is 8.72.